The van der Waals surface area contributed by atoms with Gasteiger partial charge in [-0.1, -0.05) is 23.7 Å². The molecule has 0 aliphatic rings. The molecule has 10 heteroatoms. The SMILES string of the molecule is COc1cc2nc(N(C(=O)OC(C)(C)C)c3c(C)cccc3Cl)c3cnc(C(C)O)n3c2cc1OC. The van der Waals surface area contributed by atoms with E-state index in [9.17, 15) is 9.90 Å². The number of carbonyl (C=O) groups excluding carboxylic acids is 1. The number of aliphatic hydroxyl groups excluding tert-OH is 1. The number of hydrogen-bond acceptors (Lipinski definition) is 7. The quantitative estimate of drug-likeness (QED) is 0.350. The topological polar surface area (TPSA) is 98.4 Å². The maximum absolute atomic E-state index is 13.7. The summed E-state index contributed by atoms with van der Waals surface area (Å²) in [5, 5.41) is 10.9. The number of aromatic nitrogens is 3. The monoisotopic (exact) mass is 512 g/mol. The number of ether oxygens (including phenoxy) is 3. The number of imidazole rings is 1. The number of aliphatic hydroxyl groups is 1. The predicted octanol–water partition coefficient (Wildman–Crippen LogP) is 5.99. The molecule has 1 unspecified atom stereocenters. The van der Waals surface area contributed by atoms with Gasteiger partial charge in [0, 0.05) is 12.1 Å². The third-order valence-corrected chi connectivity index (χ3v) is 5.84. The highest BCUT2D eigenvalue weighted by Crippen LogP contribution is 2.40. The minimum atomic E-state index is -0.906. The van der Waals surface area contributed by atoms with Gasteiger partial charge in [-0.15, -0.1) is 0 Å². The van der Waals surface area contributed by atoms with Crippen molar-refractivity contribution in [1.29, 1.82) is 0 Å². The number of aryl methyl sites for hydroxylation is 1. The zero-order valence-corrected chi connectivity index (χ0v) is 22.0. The normalized spacial score (nSPS) is 12.6. The number of amides is 1. The summed E-state index contributed by atoms with van der Waals surface area (Å²) < 4.78 is 18.5. The zero-order chi connectivity index (χ0) is 26.4. The summed E-state index contributed by atoms with van der Waals surface area (Å²) in [5.41, 5.74) is 1.96. The average molecular weight is 513 g/mol. The van der Waals surface area contributed by atoms with Crippen LogP contribution in [0.5, 0.6) is 11.5 Å². The fraction of sp³-hybridized carbons (Fsp3) is 0.346. The fourth-order valence-corrected chi connectivity index (χ4v) is 4.34. The fourth-order valence-electron chi connectivity index (χ4n) is 4.03. The van der Waals surface area contributed by atoms with E-state index in [1.54, 1.807) is 62.6 Å². The van der Waals surface area contributed by atoms with E-state index in [-0.39, 0.29) is 5.82 Å². The van der Waals surface area contributed by atoms with Crippen LogP contribution in [0.15, 0.2) is 36.5 Å². The van der Waals surface area contributed by atoms with Crippen LogP contribution in [-0.4, -0.2) is 45.4 Å². The third kappa shape index (κ3) is 4.52. The number of carbonyl (C=O) groups is 1. The van der Waals surface area contributed by atoms with Gasteiger partial charge in [0.15, 0.2) is 17.3 Å². The molecule has 0 saturated heterocycles. The van der Waals surface area contributed by atoms with Gasteiger partial charge < -0.3 is 19.3 Å². The summed E-state index contributed by atoms with van der Waals surface area (Å²) in [6.07, 6.45) is -0.00632. The first-order valence-corrected chi connectivity index (χ1v) is 11.7. The molecule has 0 saturated carbocycles. The van der Waals surface area contributed by atoms with Gasteiger partial charge in [-0.3, -0.25) is 4.40 Å². The molecule has 1 N–H and O–H groups in total. The highest BCUT2D eigenvalue weighted by molar-refractivity contribution is 6.34. The number of halogens is 1. The molecular formula is C26H29ClN4O5. The molecule has 0 aliphatic heterocycles. The summed E-state index contributed by atoms with van der Waals surface area (Å²) >= 11 is 6.63. The van der Waals surface area contributed by atoms with Gasteiger partial charge >= 0.3 is 6.09 Å². The van der Waals surface area contributed by atoms with E-state index in [0.29, 0.717) is 44.6 Å². The highest BCUT2D eigenvalue weighted by atomic mass is 35.5. The lowest BCUT2D eigenvalue weighted by atomic mass is 10.1. The number of benzene rings is 2. The molecule has 0 spiro atoms. The molecule has 2 aromatic heterocycles. The highest BCUT2D eigenvalue weighted by Gasteiger charge is 2.32. The lowest BCUT2D eigenvalue weighted by molar-refractivity contribution is 0.0598. The molecule has 4 aromatic rings. The summed E-state index contributed by atoms with van der Waals surface area (Å²) in [6, 6.07) is 8.81. The Labute approximate surface area is 214 Å². The summed E-state index contributed by atoms with van der Waals surface area (Å²) in [4.78, 5) is 24.3. The first-order valence-electron chi connectivity index (χ1n) is 11.4. The molecule has 190 valence electrons. The molecule has 0 radical (unpaired) electrons. The van der Waals surface area contributed by atoms with Crippen molar-refractivity contribution in [3.8, 4) is 11.5 Å². The van der Waals surface area contributed by atoms with Crippen molar-refractivity contribution in [3.05, 3.63) is 52.9 Å². The first-order chi connectivity index (χ1) is 17.0. The number of nitrogens with zero attached hydrogens (tertiary/aromatic N) is 4. The van der Waals surface area contributed by atoms with Crippen LogP contribution in [0.25, 0.3) is 16.6 Å². The van der Waals surface area contributed by atoms with E-state index in [1.807, 2.05) is 13.0 Å². The largest absolute Gasteiger partial charge is 0.493 e. The van der Waals surface area contributed by atoms with Gasteiger partial charge in [0.05, 0.1) is 42.2 Å². The van der Waals surface area contributed by atoms with Crippen molar-refractivity contribution in [1.82, 2.24) is 14.4 Å². The van der Waals surface area contributed by atoms with Crippen LogP contribution in [0, 0.1) is 6.92 Å². The van der Waals surface area contributed by atoms with Crippen LogP contribution in [0.1, 0.15) is 45.2 Å². The molecule has 0 fully saturated rings. The Hall–Kier alpha value is -3.56. The Morgan fingerprint density at radius 1 is 1.14 bits per heavy atom. The van der Waals surface area contributed by atoms with Crippen molar-refractivity contribution in [2.24, 2.45) is 0 Å². The molecule has 2 aromatic carbocycles. The van der Waals surface area contributed by atoms with Crippen LogP contribution in [0.3, 0.4) is 0 Å². The van der Waals surface area contributed by atoms with Crippen molar-refractivity contribution in [2.75, 3.05) is 19.1 Å². The third-order valence-electron chi connectivity index (χ3n) is 5.54. The Morgan fingerprint density at radius 3 is 2.39 bits per heavy atom. The Kier molecular flexibility index (Phi) is 6.72. The van der Waals surface area contributed by atoms with E-state index in [0.717, 1.165) is 5.56 Å². The summed E-state index contributed by atoms with van der Waals surface area (Å²) in [6.45, 7) is 8.82. The predicted molar refractivity (Wildman–Crippen MR) is 139 cm³/mol. The van der Waals surface area contributed by atoms with Crippen LogP contribution in [-0.2, 0) is 4.74 Å². The molecule has 36 heavy (non-hydrogen) atoms. The Balaban J connectivity index is 2.14. The van der Waals surface area contributed by atoms with E-state index in [4.69, 9.17) is 30.8 Å². The van der Waals surface area contributed by atoms with Crippen LogP contribution in [0.4, 0.5) is 16.3 Å². The number of anilines is 2. The molecule has 1 atom stereocenters. The van der Waals surface area contributed by atoms with Gasteiger partial charge in [-0.2, -0.15) is 0 Å². The van der Waals surface area contributed by atoms with E-state index < -0.39 is 17.8 Å². The molecule has 0 bridgehead atoms. The summed E-state index contributed by atoms with van der Waals surface area (Å²) in [5.74, 6) is 1.54. The maximum Gasteiger partial charge on any atom is 0.420 e. The van der Waals surface area contributed by atoms with Crippen LogP contribution in [0.2, 0.25) is 5.02 Å². The van der Waals surface area contributed by atoms with Crippen molar-refractivity contribution >= 4 is 45.7 Å². The minimum Gasteiger partial charge on any atom is -0.493 e. The minimum absolute atomic E-state index is 0.236. The van der Waals surface area contributed by atoms with Gasteiger partial charge in [0.2, 0.25) is 0 Å². The average Bonchev–Trinajstić information content (AvgIpc) is 3.25. The lowest BCUT2D eigenvalue weighted by Gasteiger charge is -2.29. The molecular weight excluding hydrogens is 484 g/mol. The second kappa shape index (κ2) is 9.48. The Bertz CT molecular complexity index is 1440. The number of para-hydroxylation sites is 1. The molecule has 9 nitrogen and oxygen atoms in total. The Morgan fingerprint density at radius 2 is 1.81 bits per heavy atom. The first kappa shape index (κ1) is 25.5. The molecule has 2 heterocycles. The van der Waals surface area contributed by atoms with E-state index >= 15 is 0 Å². The lowest BCUT2D eigenvalue weighted by Crippen LogP contribution is -2.35. The molecule has 4 rings (SSSR count). The smallest absolute Gasteiger partial charge is 0.420 e. The number of rotatable bonds is 5. The van der Waals surface area contributed by atoms with Gasteiger partial charge in [-0.25, -0.2) is 19.7 Å². The van der Waals surface area contributed by atoms with E-state index in [2.05, 4.69) is 4.98 Å². The number of methoxy groups -OCH3 is 2. The molecule has 0 aliphatic carbocycles. The molecule has 1 amide bonds. The van der Waals surface area contributed by atoms with Crippen molar-refractivity contribution in [2.45, 2.75) is 46.3 Å². The van der Waals surface area contributed by atoms with Gasteiger partial charge in [0.1, 0.15) is 23.0 Å². The standard InChI is InChI=1S/C26H29ClN4O5/c1-14-9-8-10-16(27)22(14)31(25(33)36-26(3,4)5)24-19-13-28-23(15(2)32)30(19)18-12-21(35-7)20(34-6)11-17(18)29-24/h8-13,15,32H,1-7H3. The zero-order valence-electron chi connectivity index (χ0n) is 21.3. The van der Waals surface area contributed by atoms with Crippen molar-refractivity contribution < 1.29 is 24.1 Å². The maximum atomic E-state index is 13.7. The van der Waals surface area contributed by atoms with Crippen LogP contribution >= 0.6 is 11.6 Å². The second-order valence-electron chi connectivity index (χ2n) is 9.37. The van der Waals surface area contributed by atoms with Crippen molar-refractivity contribution in [3.63, 3.8) is 0 Å². The summed E-state index contributed by atoms with van der Waals surface area (Å²) in [7, 11) is 3.07. The van der Waals surface area contributed by atoms with Crippen LogP contribution < -0.4 is 14.4 Å². The van der Waals surface area contributed by atoms with Gasteiger partial charge in [0.25, 0.3) is 0 Å². The van der Waals surface area contributed by atoms with E-state index in [1.165, 1.54) is 19.1 Å². The number of hydrogen-bond donors (Lipinski definition) is 1. The number of fused-ring (bicyclic) bond motifs is 3. The second-order valence-corrected chi connectivity index (χ2v) is 9.77. The van der Waals surface area contributed by atoms with Gasteiger partial charge in [-0.05, 0) is 46.2 Å².